The van der Waals surface area contributed by atoms with Crippen LogP contribution in [0.3, 0.4) is 0 Å². The van der Waals surface area contributed by atoms with E-state index in [0.29, 0.717) is 12.4 Å². The highest BCUT2D eigenvalue weighted by atomic mass is 16.4. The minimum Gasteiger partial charge on any atom is -0.444 e. The van der Waals surface area contributed by atoms with Crippen LogP contribution in [0, 0.1) is 13.8 Å². The minimum absolute atomic E-state index is 0.555. The summed E-state index contributed by atoms with van der Waals surface area (Å²) >= 11 is 0. The van der Waals surface area contributed by atoms with Crippen molar-refractivity contribution < 1.29 is 4.42 Å². The molecule has 1 N–H and O–H groups in total. The van der Waals surface area contributed by atoms with E-state index in [1.165, 1.54) is 0 Å². The number of nitrogens with one attached hydrogen (secondary N) is 1. The summed E-state index contributed by atoms with van der Waals surface area (Å²) in [6.07, 6.45) is 3.63. The topological polar surface area (TPSA) is 55.9 Å². The van der Waals surface area contributed by atoms with Gasteiger partial charge in [-0.3, -0.25) is 0 Å². The van der Waals surface area contributed by atoms with E-state index in [2.05, 4.69) is 15.3 Å². The number of rotatable bonds is 3. The fraction of sp³-hybridized carbons (Fsp3) is 0.400. The first-order valence-electron chi connectivity index (χ1n) is 4.81. The third-order valence-corrected chi connectivity index (χ3v) is 2.29. The lowest BCUT2D eigenvalue weighted by Crippen LogP contribution is -2.04. The predicted octanol–water partition coefficient (Wildman–Crippen LogP) is 1.64. The molecule has 0 aliphatic carbocycles. The average Bonchev–Trinajstić information content (AvgIpc) is 2.72. The van der Waals surface area contributed by atoms with Crippen molar-refractivity contribution in [2.24, 2.45) is 7.05 Å². The van der Waals surface area contributed by atoms with Gasteiger partial charge in [-0.2, -0.15) is 0 Å². The van der Waals surface area contributed by atoms with Crippen molar-refractivity contribution in [3.8, 4) is 0 Å². The Morgan fingerprint density at radius 1 is 1.47 bits per heavy atom. The number of hydrogen-bond donors (Lipinski definition) is 1. The summed E-state index contributed by atoms with van der Waals surface area (Å²) < 4.78 is 7.35. The molecule has 0 amide bonds. The molecular weight excluding hydrogens is 192 g/mol. The Balaban J connectivity index is 2.02. The smallest absolute Gasteiger partial charge is 0.214 e. The summed E-state index contributed by atoms with van der Waals surface area (Å²) in [6, 6.07) is 0. The van der Waals surface area contributed by atoms with E-state index < -0.39 is 0 Å². The summed E-state index contributed by atoms with van der Waals surface area (Å²) in [6.45, 7) is 4.40. The van der Waals surface area contributed by atoms with Gasteiger partial charge in [-0.25, -0.2) is 9.97 Å². The van der Waals surface area contributed by atoms with Gasteiger partial charge in [-0.1, -0.05) is 0 Å². The van der Waals surface area contributed by atoms with Gasteiger partial charge in [-0.05, 0) is 13.8 Å². The Labute approximate surface area is 88.2 Å². The Morgan fingerprint density at radius 3 is 2.80 bits per heavy atom. The van der Waals surface area contributed by atoms with Crippen LogP contribution in [-0.4, -0.2) is 14.5 Å². The Hall–Kier alpha value is -1.78. The number of anilines is 1. The molecule has 2 aromatic rings. The molecule has 0 fully saturated rings. The van der Waals surface area contributed by atoms with Crippen LogP contribution in [0.2, 0.25) is 0 Å². The van der Waals surface area contributed by atoms with Gasteiger partial charge in [0.2, 0.25) is 11.8 Å². The minimum atomic E-state index is 0.555. The zero-order valence-corrected chi connectivity index (χ0v) is 9.11. The van der Waals surface area contributed by atoms with E-state index in [4.69, 9.17) is 4.42 Å². The number of imidazole rings is 1. The molecule has 5 nitrogen and oxygen atoms in total. The fourth-order valence-corrected chi connectivity index (χ4v) is 1.31. The van der Waals surface area contributed by atoms with Crippen LogP contribution in [-0.2, 0) is 13.6 Å². The van der Waals surface area contributed by atoms with Crippen LogP contribution in [0.15, 0.2) is 16.8 Å². The Kier molecular flexibility index (Phi) is 2.45. The molecule has 15 heavy (non-hydrogen) atoms. The summed E-state index contributed by atoms with van der Waals surface area (Å²) in [5, 5.41) is 3.15. The number of aromatic nitrogens is 3. The zero-order valence-electron chi connectivity index (χ0n) is 9.11. The lowest BCUT2D eigenvalue weighted by Gasteiger charge is -2.02. The molecule has 2 rings (SSSR count). The van der Waals surface area contributed by atoms with Crippen molar-refractivity contribution >= 4 is 5.95 Å². The molecule has 0 radical (unpaired) electrons. The Bertz CT molecular complexity index is 438. The lowest BCUT2D eigenvalue weighted by molar-refractivity contribution is 0.477. The molecule has 0 spiro atoms. The predicted molar refractivity (Wildman–Crippen MR) is 56.5 cm³/mol. The van der Waals surface area contributed by atoms with Gasteiger partial charge in [-0.15, -0.1) is 0 Å². The van der Waals surface area contributed by atoms with Crippen LogP contribution in [0.1, 0.15) is 17.3 Å². The van der Waals surface area contributed by atoms with E-state index in [1.807, 2.05) is 31.7 Å². The first-order chi connectivity index (χ1) is 7.16. The van der Waals surface area contributed by atoms with Crippen LogP contribution in [0.5, 0.6) is 0 Å². The van der Waals surface area contributed by atoms with Crippen molar-refractivity contribution in [2.75, 3.05) is 5.32 Å². The van der Waals surface area contributed by atoms with E-state index in [0.717, 1.165) is 17.4 Å². The molecule has 80 valence electrons. The largest absolute Gasteiger partial charge is 0.444 e. The molecule has 2 heterocycles. The van der Waals surface area contributed by atoms with Gasteiger partial charge in [0.1, 0.15) is 5.76 Å². The molecular formula is C10H14N4O. The first-order valence-corrected chi connectivity index (χ1v) is 4.81. The molecule has 0 bridgehead atoms. The summed E-state index contributed by atoms with van der Waals surface area (Å²) in [7, 11) is 1.93. The van der Waals surface area contributed by atoms with Crippen LogP contribution < -0.4 is 5.32 Å². The quantitative estimate of drug-likeness (QED) is 0.829. The second-order valence-corrected chi connectivity index (χ2v) is 3.46. The van der Waals surface area contributed by atoms with E-state index in [9.17, 15) is 0 Å². The molecule has 0 unspecified atom stereocenters. The molecule has 0 atom stereocenters. The molecule has 0 saturated carbocycles. The summed E-state index contributed by atoms with van der Waals surface area (Å²) in [4.78, 5) is 8.42. The third kappa shape index (κ3) is 2.01. The van der Waals surface area contributed by atoms with Gasteiger partial charge < -0.3 is 14.3 Å². The monoisotopic (exact) mass is 206 g/mol. The summed E-state index contributed by atoms with van der Waals surface area (Å²) in [5.74, 6) is 2.36. The SMILES string of the molecule is Cc1nc(CNc2nccn2C)oc1C. The second kappa shape index (κ2) is 3.76. The molecule has 5 heteroatoms. The molecule has 2 aromatic heterocycles. The van der Waals surface area contributed by atoms with Crippen LogP contribution in [0.25, 0.3) is 0 Å². The van der Waals surface area contributed by atoms with Crippen molar-refractivity contribution in [1.29, 1.82) is 0 Å². The second-order valence-electron chi connectivity index (χ2n) is 3.46. The van der Waals surface area contributed by atoms with Crippen molar-refractivity contribution in [3.05, 3.63) is 29.7 Å². The van der Waals surface area contributed by atoms with Crippen LogP contribution >= 0.6 is 0 Å². The molecule has 0 saturated heterocycles. The Morgan fingerprint density at radius 2 is 2.27 bits per heavy atom. The standard InChI is InChI=1S/C10H14N4O/c1-7-8(2)15-9(13-7)6-12-10-11-4-5-14(10)3/h4-5H,6H2,1-3H3,(H,11,12). The maximum Gasteiger partial charge on any atom is 0.214 e. The lowest BCUT2D eigenvalue weighted by atomic mass is 10.4. The van der Waals surface area contributed by atoms with Crippen molar-refractivity contribution in [3.63, 3.8) is 0 Å². The van der Waals surface area contributed by atoms with E-state index >= 15 is 0 Å². The molecule has 0 aliphatic rings. The van der Waals surface area contributed by atoms with Gasteiger partial charge in [0.15, 0.2) is 0 Å². The van der Waals surface area contributed by atoms with E-state index in [-0.39, 0.29) is 0 Å². The highest BCUT2D eigenvalue weighted by Gasteiger charge is 2.05. The normalized spacial score (nSPS) is 10.6. The van der Waals surface area contributed by atoms with Crippen molar-refractivity contribution in [1.82, 2.24) is 14.5 Å². The van der Waals surface area contributed by atoms with Gasteiger partial charge in [0, 0.05) is 19.4 Å². The number of hydrogen-bond acceptors (Lipinski definition) is 4. The number of nitrogens with zero attached hydrogens (tertiary/aromatic N) is 3. The zero-order chi connectivity index (χ0) is 10.8. The third-order valence-electron chi connectivity index (χ3n) is 2.29. The van der Waals surface area contributed by atoms with Gasteiger partial charge >= 0.3 is 0 Å². The highest BCUT2D eigenvalue weighted by molar-refractivity contribution is 5.25. The van der Waals surface area contributed by atoms with Gasteiger partial charge in [0.25, 0.3) is 0 Å². The fourth-order valence-electron chi connectivity index (χ4n) is 1.31. The maximum absolute atomic E-state index is 5.44. The van der Waals surface area contributed by atoms with E-state index in [1.54, 1.807) is 6.20 Å². The molecule has 0 aliphatic heterocycles. The molecule has 0 aromatic carbocycles. The number of oxazole rings is 1. The summed E-state index contributed by atoms with van der Waals surface area (Å²) in [5.41, 5.74) is 0.937. The first kappa shape index (κ1) is 9.76. The van der Waals surface area contributed by atoms with Gasteiger partial charge in [0.05, 0.1) is 12.2 Å². The average molecular weight is 206 g/mol. The maximum atomic E-state index is 5.44. The van der Waals surface area contributed by atoms with Crippen LogP contribution in [0.4, 0.5) is 5.95 Å². The number of aryl methyl sites for hydroxylation is 3. The van der Waals surface area contributed by atoms with Crippen molar-refractivity contribution in [2.45, 2.75) is 20.4 Å². The highest BCUT2D eigenvalue weighted by Crippen LogP contribution is 2.10.